The molecule has 0 radical (unpaired) electrons. The lowest BCUT2D eigenvalue weighted by molar-refractivity contribution is 0.193. The smallest absolute Gasteiger partial charge is 0.0123 e. The van der Waals surface area contributed by atoms with Crippen LogP contribution in [0.2, 0.25) is 0 Å². The highest BCUT2D eigenvalue weighted by atomic mass is 15.2. The topological polar surface area (TPSA) is 15.3 Å². The molecule has 0 aliphatic carbocycles. The molecule has 0 fully saturated rings. The molecule has 0 spiro atoms. The van der Waals surface area contributed by atoms with Crippen molar-refractivity contribution in [3.63, 3.8) is 0 Å². The van der Waals surface area contributed by atoms with Gasteiger partial charge in [-0.2, -0.15) is 0 Å². The molecule has 17 heavy (non-hydrogen) atoms. The molecule has 0 aromatic heterocycles. The lowest BCUT2D eigenvalue weighted by Crippen LogP contribution is -2.45. The van der Waals surface area contributed by atoms with Crippen LogP contribution in [-0.4, -0.2) is 36.1 Å². The molecule has 2 nitrogen and oxygen atoms in total. The Kier molecular flexibility index (Phi) is 8.89. The average molecular weight is 242 g/mol. The summed E-state index contributed by atoms with van der Waals surface area (Å²) in [4.78, 5) is 2.63. The fourth-order valence-electron chi connectivity index (χ4n) is 1.83. The maximum atomic E-state index is 3.65. The third kappa shape index (κ3) is 7.77. The fourth-order valence-corrected chi connectivity index (χ4v) is 1.83. The first-order valence-corrected chi connectivity index (χ1v) is 7.45. The number of unbranched alkanes of at least 4 members (excludes halogenated alkanes) is 1. The van der Waals surface area contributed by atoms with E-state index >= 15 is 0 Å². The van der Waals surface area contributed by atoms with Crippen LogP contribution in [0, 0.1) is 0 Å². The number of nitrogens with zero attached hydrogens (tertiary/aromatic N) is 1. The molecule has 0 aromatic rings. The summed E-state index contributed by atoms with van der Waals surface area (Å²) >= 11 is 0. The van der Waals surface area contributed by atoms with Gasteiger partial charge in [-0.1, -0.05) is 27.2 Å². The first kappa shape index (κ1) is 16.9. The minimum atomic E-state index is 0.284. The van der Waals surface area contributed by atoms with E-state index in [4.69, 9.17) is 0 Å². The van der Waals surface area contributed by atoms with Crippen molar-refractivity contribution in [2.45, 2.75) is 78.8 Å². The van der Waals surface area contributed by atoms with Crippen molar-refractivity contribution >= 4 is 0 Å². The summed E-state index contributed by atoms with van der Waals surface area (Å²) < 4.78 is 0. The van der Waals surface area contributed by atoms with E-state index in [1.807, 2.05) is 0 Å². The van der Waals surface area contributed by atoms with Crippen LogP contribution >= 0.6 is 0 Å². The van der Waals surface area contributed by atoms with Crippen molar-refractivity contribution in [1.29, 1.82) is 0 Å². The normalized spacial score (nSPS) is 14.3. The zero-order valence-electron chi connectivity index (χ0n) is 13.0. The van der Waals surface area contributed by atoms with Crippen molar-refractivity contribution in [2.24, 2.45) is 0 Å². The molecule has 0 amide bonds. The third-order valence-electron chi connectivity index (χ3n) is 3.90. The Bertz CT molecular complexity index is 178. The van der Waals surface area contributed by atoms with Gasteiger partial charge in [-0.3, -0.25) is 4.90 Å². The molecule has 0 aromatic carbocycles. The van der Waals surface area contributed by atoms with Gasteiger partial charge in [0.2, 0.25) is 0 Å². The van der Waals surface area contributed by atoms with E-state index in [0.29, 0.717) is 6.04 Å². The minimum absolute atomic E-state index is 0.284. The monoisotopic (exact) mass is 242 g/mol. The Morgan fingerprint density at radius 2 is 1.76 bits per heavy atom. The van der Waals surface area contributed by atoms with Crippen LogP contribution < -0.4 is 5.32 Å². The number of rotatable bonds is 10. The highest BCUT2D eigenvalue weighted by Crippen LogP contribution is 2.08. The van der Waals surface area contributed by atoms with Gasteiger partial charge in [0.15, 0.2) is 0 Å². The summed E-state index contributed by atoms with van der Waals surface area (Å²) in [5.74, 6) is 0. The second-order valence-corrected chi connectivity index (χ2v) is 5.81. The Morgan fingerprint density at radius 1 is 1.12 bits per heavy atom. The molecule has 0 heterocycles. The largest absolute Gasteiger partial charge is 0.311 e. The van der Waals surface area contributed by atoms with E-state index in [9.17, 15) is 0 Å². The van der Waals surface area contributed by atoms with Gasteiger partial charge >= 0.3 is 0 Å². The second-order valence-electron chi connectivity index (χ2n) is 5.81. The van der Waals surface area contributed by atoms with Gasteiger partial charge in [0.05, 0.1) is 0 Å². The van der Waals surface area contributed by atoms with Gasteiger partial charge < -0.3 is 5.32 Å². The van der Waals surface area contributed by atoms with E-state index in [0.717, 1.165) is 6.54 Å². The van der Waals surface area contributed by atoms with Crippen molar-refractivity contribution in [1.82, 2.24) is 10.2 Å². The molecule has 0 bridgehead atoms. The van der Waals surface area contributed by atoms with Crippen LogP contribution in [0.3, 0.4) is 0 Å². The molecule has 1 N–H and O–H groups in total. The third-order valence-corrected chi connectivity index (χ3v) is 3.90. The van der Waals surface area contributed by atoms with Gasteiger partial charge in [-0.05, 0) is 46.6 Å². The lowest BCUT2D eigenvalue weighted by atomic mass is 10.0. The van der Waals surface area contributed by atoms with E-state index in [1.165, 1.54) is 38.8 Å². The Balaban J connectivity index is 3.98. The molecular formula is C15H34N2. The quantitative estimate of drug-likeness (QED) is 0.629. The molecule has 0 rings (SSSR count). The Morgan fingerprint density at radius 3 is 2.24 bits per heavy atom. The molecule has 1 atom stereocenters. The summed E-state index contributed by atoms with van der Waals surface area (Å²) in [5.41, 5.74) is 0.284. The predicted molar refractivity (Wildman–Crippen MR) is 78.6 cm³/mol. The highest BCUT2D eigenvalue weighted by molar-refractivity contribution is 4.76. The summed E-state index contributed by atoms with van der Waals surface area (Å²) in [7, 11) is 0. The Hall–Kier alpha value is -0.0800. The van der Waals surface area contributed by atoms with E-state index in [-0.39, 0.29) is 5.54 Å². The fraction of sp³-hybridized carbons (Fsp3) is 1.00. The average Bonchev–Trinajstić information content (AvgIpc) is 2.32. The van der Waals surface area contributed by atoms with Crippen LogP contribution in [0.4, 0.5) is 0 Å². The van der Waals surface area contributed by atoms with Crippen molar-refractivity contribution in [2.75, 3.05) is 19.6 Å². The Labute approximate surface area is 109 Å². The second kappa shape index (κ2) is 8.93. The van der Waals surface area contributed by atoms with Crippen molar-refractivity contribution in [3.8, 4) is 0 Å². The standard InChI is InChI=1S/C15H34N2/c1-7-10-12-17(14(4)8-2)13-11-16-15(5,6)9-3/h14,16H,7-13H2,1-6H3. The molecule has 2 heteroatoms. The molecule has 0 saturated heterocycles. The maximum absolute atomic E-state index is 3.65. The minimum Gasteiger partial charge on any atom is -0.311 e. The molecule has 104 valence electrons. The van der Waals surface area contributed by atoms with Gasteiger partial charge in [-0.15, -0.1) is 0 Å². The first-order valence-electron chi connectivity index (χ1n) is 7.45. The summed E-state index contributed by atoms with van der Waals surface area (Å²) in [5, 5.41) is 3.65. The SMILES string of the molecule is CCCCN(CCNC(C)(C)CC)C(C)CC. The van der Waals surface area contributed by atoms with E-state index < -0.39 is 0 Å². The van der Waals surface area contributed by atoms with Crippen LogP contribution in [0.5, 0.6) is 0 Å². The van der Waals surface area contributed by atoms with Crippen LogP contribution in [-0.2, 0) is 0 Å². The number of hydrogen-bond acceptors (Lipinski definition) is 2. The van der Waals surface area contributed by atoms with Gasteiger partial charge in [0, 0.05) is 24.7 Å². The van der Waals surface area contributed by atoms with Gasteiger partial charge in [0.1, 0.15) is 0 Å². The highest BCUT2D eigenvalue weighted by Gasteiger charge is 2.15. The van der Waals surface area contributed by atoms with Crippen molar-refractivity contribution in [3.05, 3.63) is 0 Å². The predicted octanol–water partition coefficient (Wildman–Crippen LogP) is 3.67. The number of nitrogens with one attached hydrogen (secondary N) is 1. The van der Waals surface area contributed by atoms with E-state index in [1.54, 1.807) is 0 Å². The van der Waals surface area contributed by atoms with Crippen LogP contribution in [0.1, 0.15) is 67.2 Å². The molecule has 0 aliphatic rings. The molecule has 0 aliphatic heterocycles. The molecule has 0 saturated carbocycles. The zero-order chi connectivity index (χ0) is 13.3. The summed E-state index contributed by atoms with van der Waals surface area (Å²) in [6.45, 7) is 17.3. The molecular weight excluding hydrogens is 208 g/mol. The lowest BCUT2D eigenvalue weighted by Gasteiger charge is -2.31. The van der Waals surface area contributed by atoms with Crippen molar-refractivity contribution < 1.29 is 0 Å². The van der Waals surface area contributed by atoms with E-state index in [2.05, 4.69) is 51.8 Å². The number of hydrogen-bond donors (Lipinski definition) is 1. The maximum Gasteiger partial charge on any atom is 0.0123 e. The van der Waals surface area contributed by atoms with Crippen LogP contribution in [0.25, 0.3) is 0 Å². The van der Waals surface area contributed by atoms with Gasteiger partial charge in [0.25, 0.3) is 0 Å². The summed E-state index contributed by atoms with van der Waals surface area (Å²) in [6.07, 6.45) is 5.05. The van der Waals surface area contributed by atoms with Crippen LogP contribution in [0.15, 0.2) is 0 Å². The summed E-state index contributed by atoms with van der Waals surface area (Å²) in [6, 6.07) is 0.716. The van der Waals surface area contributed by atoms with Gasteiger partial charge in [-0.25, -0.2) is 0 Å². The first-order chi connectivity index (χ1) is 7.96. The molecule has 1 unspecified atom stereocenters. The zero-order valence-corrected chi connectivity index (χ0v) is 13.0.